The Morgan fingerprint density at radius 3 is 2.31 bits per heavy atom. The van der Waals surface area contributed by atoms with Crippen LogP contribution in [-0.4, -0.2) is 41.6 Å². The van der Waals surface area contributed by atoms with Gasteiger partial charge in [-0.3, -0.25) is 0 Å². The third-order valence-corrected chi connectivity index (χ3v) is 5.35. The van der Waals surface area contributed by atoms with E-state index < -0.39 is 15.9 Å². The maximum absolute atomic E-state index is 11.2. The first-order valence-corrected chi connectivity index (χ1v) is 8.49. The number of hydrogen-bond donors (Lipinski definition) is 1. The zero-order valence-electron chi connectivity index (χ0n) is 10.7. The molecule has 0 aliphatic carbocycles. The SMILES string of the molecule is CCS(=O)(=O)CCCC(O)CSC(C)(C)C. The molecule has 0 spiro atoms. The number of sulfone groups is 1. The van der Waals surface area contributed by atoms with Gasteiger partial charge in [-0.15, -0.1) is 0 Å². The molecule has 0 aromatic carbocycles. The third kappa shape index (κ3) is 9.48. The van der Waals surface area contributed by atoms with E-state index in [2.05, 4.69) is 20.8 Å². The minimum Gasteiger partial charge on any atom is -0.392 e. The molecule has 3 nitrogen and oxygen atoms in total. The van der Waals surface area contributed by atoms with Crippen molar-refractivity contribution in [3.63, 3.8) is 0 Å². The summed E-state index contributed by atoms with van der Waals surface area (Å²) in [5, 5.41) is 9.67. The number of aliphatic hydroxyl groups excluding tert-OH is 1. The first-order valence-electron chi connectivity index (χ1n) is 5.69. The fraction of sp³-hybridized carbons (Fsp3) is 1.00. The second-order valence-corrected chi connectivity index (χ2v) is 9.28. The van der Waals surface area contributed by atoms with Gasteiger partial charge in [0.15, 0.2) is 0 Å². The van der Waals surface area contributed by atoms with Crippen LogP contribution in [0.2, 0.25) is 0 Å². The second kappa shape index (κ2) is 6.87. The fourth-order valence-corrected chi connectivity index (χ4v) is 2.87. The molecule has 0 amide bonds. The lowest BCUT2D eigenvalue weighted by molar-refractivity contribution is 0.188. The average Bonchev–Trinajstić information content (AvgIpc) is 2.13. The van der Waals surface area contributed by atoms with Crippen LogP contribution >= 0.6 is 11.8 Å². The van der Waals surface area contributed by atoms with Crippen LogP contribution in [0.4, 0.5) is 0 Å². The van der Waals surface area contributed by atoms with E-state index in [-0.39, 0.29) is 16.3 Å². The zero-order valence-corrected chi connectivity index (χ0v) is 12.3. The maximum atomic E-state index is 11.2. The molecular formula is C11H24O3S2. The van der Waals surface area contributed by atoms with Gasteiger partial charge in [0.2, 0.25) is 0 Å². The standard InChI is InChI=1S/C11H24O3S2/c1-5-16(13,14)8-6-7-10(12)9-15-11(2,3)4/h10,12H,5-9H2,1-4H3. The lowest BCUT2D eigenvalue weighted by Gasteiger charge is -2.19. The van der Waals surface area contributed by atoms with Crippen LogP contribution in [0.15, 0.2) is 0 Å². The molecule has 1 N–H and O–H groups in total. The Hall–Kier alpha value is 0.260. The molecule has 0 aliphatic heterocycles. The van der Waals surface area contributed by atoms with Crippen molar-refractivity contribution in [3.05, 3.63) is 0 Å². The van der Waals surface area contributed by atoms with Crippen LogP contribution < -0.4 is 0 Å². The molecule has 0 saturated heterocycles. The van der Waals surface area contributed by atoms with Crippen LogP contribution in [0.5, 0.6) is 0 Å². The maximum Gasteiger partial charge on any atom is 0.150 e. The molecule has 1 unspecified atom stereocenters. The molecule has 0 heterocycles. The molecule has 16 heavy (non-hydrogen) atoms. The van der Waals surface area contributed by atoms with Gasteiger partial charge in [0, 0.05) is 16.3 Å². The van der Waals surface area contributed by atoms with Crippen molar-refractivity contribution in [1.82, 2.24) is 0 Å². The monoisotopic (exact) mass is 268 g/mol. The van der Waals surface area contributed by atoms with Gasteiger partial charge in [0.05, 0.1) is 11.9 Å². The van der Waals surface area contributed by atoms with Crippen molar-refractivity contribution in [2.75, 3.05) is 17.3 Å². The van der Waals surface area contributed by atoms with E-state index in [4.69, 9.17) is 0 Å². The highest BCUT2D eigenvalue weighted by atomic mass is 32.2. The molecule has 0 aromatic rings. The van der Waals surface area contributed by atoms with E-state index in [1.54, 1.807) is 18.7 Å². The summed E-state index contributed by atoms with van der Waals surface area (Å²) in [5.74, 6) is 1.07. The van der Waals surface area contributed by atoms with Gasteiger partial charge in [0.25, 0.3) is 0 Å². The van der Waals surface area contributed by atoms with Crippen LogP contribution in [0.1, 0.15) is 40.5 Å². The molecular weight excluding hydrogens is 244 g/mol. The number of hydrogen-bond acceptors (Lipinski definition) is 4. The highest BCUT2D eigenvalue weighted by molar-refractivity contribution is 8.00. The topological polar surface area (TPSA) is 54.4 Å². The first kappa shape index (κ1) is 16.3. The predicted octanol–water partition coefficient (Wildman–Crippen LogP) is 2.09. The van der Waals surface area contributed by atoms with Crippen molar-refractivity contribution in [2.45, 2.75) is 51.4 Å². The van der Waals surface area contributed by atoms with Gasteiger partial charge >= 0.3 is 0 Å². The van der Waals surface area contributed by atoms with Crippen LogP contribution in [-0.2, 0) is 9.84 Å². The summed E-state index contributed by atoms with van der Waals surface area (Å²) in [4.78, 5) is 0. The minimum absolute atomic E-state index is 0.149. The van der Waals surface area contributed by atoms with Crippen LogP contribution in [0, 0.1) is 0 Å². The summed E-state index contributed by atoms with van der Waals surface area (Å²) < 4.78 is 22.6. The Morgan fingerprint density at radius 1 is 1.31 bits per heavy atom. The average molecular weight is 268 g/mol. The second-order valence-electron chi connectivity index (χ2n) is 4.96. The molecule has 0 saturated carbocycles. The summed E-state index contributed by atoms with van der Waals surface area (Å²) in [6.45, 7) is 7.96. The minimum atomic E-state index is -2.88. The lowest BCUT2D eigenvalue weighted by atomic mass is 10.2. The van der Waals surface area contributed by atoms with E-state index in [0.29, 0.717) is 18.6 Å². The summed E-state index contributed by atoms with van der Waals surface area (Å²) in [5.41, 5.74) is 0. The van der Waals surface area contributed by atoms with E-state index in [0.717, 1.165) is 0 Å². The van der Waals surface area contributed by atoms with Gasteiger partial charge in [-0.05, 0) is 12.8 Å². The number of aliphatic hydroxyl groups is 1. The Kier molecular flexibility index (Phi) is 6.98. The predicted molar refractivity (Wildman–Crippen MR) is 71.8 cm³/mol. The summed E-state index contributed by atoms with van der Waals surface area (Å²) in [6.07, 6.45) is 0.737. The van der Waals surface area contributed by atoms with E-state index >= 15 is 0 Å². The van der Waals surface area contributed by atoms with E-state index in [1.807, 2.05) is 0 Å². The molecule has 0 bridgehead atoms. The zero-order chi connectivity index (χ0) is 12.8. The molecule has 0 aliphatic rings. The highest BCUT2D eigenvalue weighted by Gasteiger charge is 2.15. The van der Waals surface area contributed by atoms with Crippen molar-refractivity contribution in [1.29, 1.82) is 0 Å². The van der Waals surface area contributed by atoms with Crippen molar-refractivity contribution >= 4 is 21.6 Å². The Labute approximate surface area is 104 Å². The summed E-state index contributed by atoms with van der Waals surface area (Å²) in [6, 6.07) is 0. The van der Waals surface area contributed by atoms with E-state index in [9.17, 15) is 13.5 Å². The highest BCUT2D eigenvalue weighted by Crippen LogP contribution is 2.24. The van der Waals surface area contributed by atoms with Crippen LogP contribution in [0.3, 0.4) is 0 Å². The molecule has 0 radical (unpaired) electrons. The molecule has 5 heteroatoms. The van der Waals surface area contributed by atoms with Gasteiger partial charge in [0.1, 0.15) is 9.84 Å². The van der Waals surface area contributed by atoms with Crippen molar-refractivity contribution in [3.8, 4) is 0 Å². The Balaban J connectivity index is 3.71. The van der Waals surface area contributed by atoms with Crippen molar-refractivity contribution < 1.29 is 13.5 Å². The number of rotatable bonds is 7. The quantitative estimate of drug-likeness (QED) is 0.768. The van der Waals surface area contributed by atoms with Gasteiger partial charge in [-0.25, -0.2) is 8.42 Å². The fourth-order valence-electron chi connectivity index (χ4n) is 1.11. The van der Waals surface area contributed by atoms with Gasteiger partial charge in [-0.1, -0.05) is 27.7 Å². The normalized spacial score (nSPS) is 15.1. The molecule has 0 rings (SSSR count). The van der Waals surface area contributed by atoms with Crippen LogP contribution in [0.25, 0.3) is 0 Å². The Bertz CT molecular complexity index is 278. The summed E-state index contributed by atoms with van der Waals surface area (Å²) in [7, 11) is -2.88. The smallest absolute Gasteiger partial charge is 0.150 e. The third-order valence-electron chi connectivity index (χ3n) is 2.14. The van der Waals surface area contributed by atoms with E-state index in [1.165, 1.54) is 0 Å². The van der Waals surface area contributed by atoms with Gasteiger partial charge in [-0.2, -0.15) is 11.8 Å². The molecule has 98 valence electrons. The van der Waals surface area contributed by atoms with Gasteiger partial charge < -0.3 is 5.11 Å². The first-order chi connectivity index (χ1) is 7.16. The largest absolute Gasteiger partial charge is 0.392 e. The number of thioether (sulfide) groups is 1. The van der Waals surface area contributed by atoms with Crippen molar-refractivity contribution in [2.24, 2.45) is 0 Å². The molecule has 1 atom stereocenters. The molecule has 0 aromatic heterocycles. The Morgan fingerprint density at radius 2 is 1.88 bits per heavy atom. The summed E-state index contributed by atoms with van der Waals surface area (Å²) >= 11 is 1.71. The molecule has 0 fully saturated rings. The lowest BCUT2D eigenvalue weighted by Crippen LogP contribution is -2.18.